The van der Waals surface area contributed by atoms with Crippen molar-refractivity contribution in [3.63, 3.8) is 0 Å². The molecule has 0 radical (unpaired) electrons. The number of amides is 1. The van der Waals surface area contributed by atoms with Gasteiger partial charge in [0, 0.05) is 10.5 Å². The highest BCUT2D eigenvalue weighted by Gasteiger charge is 2.17. The lowest BCUT2D eigenvalue weighted by molar-refractivity contribution is -0.123. The van der Waals surface area contributed by atoms with Crippen LogP contribution in [0.3, 0.4) is 0 Å². The Bertz CT molecular complexity index is 583. The molecule has 0 bridgehead atoms. The van der Waals surface area contributed by atoms with E-state index in [1.165, 1.54) is 5.56 Å². The Morgan fingerprint density at radius 1 is 1.14 bits per heavy atom. The van der Waals surface area contributed by atoms with E-state index in [1.807, 2.05) is 61.5 Å². The number of benzene rings is 2. The molecule has 110 valence electrons. The van der Waals surface area contributed by atoms with Crippen LogP contribution in [-0.4, -0.2) is 11.9 Å². The van der Waals surface area contributed by atoms with E-state index in [1.54, 1.807) is 0 Å². The largest absolute Gasteiger partial charge is 0.352 e. The van der Waals surface area contributed by atoms with Gasteiger partial charge in [-0.2, -0.15) is 0 Å². The molecule has 1 unspecified atom stereocenters. The van der Waals surface area contributed by atoms with Crippen molar-refractivity contribution in [3.8, 4) is 0 Å². The second-order valence-corrected chi connectivity index (χ2v) is 6.04. The molecule has 0 aliphatic heterocycles. The van der Waals surface area contributed by atoms with Crippen molar-refractivity contribution >= 4 is 21.8 Å². The van der Waals surface area contributed by atoms with Crippen molar-refractivity contribution in [2.75, 3.05) is 0 Å². The van der Waals surface area contributed by atoms with Gasteiger partial charge in [-0.15, -0.1) is 0 Å². The first kappa shape index (κ1) is 15.7. The molecular formula is C17H19BrN2O. The van der Waals surface area contributed by atoms with Crippen molar-refractivity contribution < 1.29 is 4.79 Å². The van der Waals surface area contributed by atoms with Crippen LogP contribution in [-0.2, 0) is 11.2 Å². The van der Waals surface area contributed by atoms with Crippen molar-refractivity contribution in [1.29, 1.82) is 0 Å². The third-order valence-electron chi connectivity index (χ3n) is 3.28. The number of nitrogens with one attached hydrogen (secondary N) is 1. The summed E-state index contributed by atoms with van der Waals surface area (Å²) in [6.45, 7) is 1.98. The first-order chi connectivity index (χ1) is 10.1. The maximum Gasteiger partial charge on any atom is 0.241 e. The number of halogens is 1. The highest BCUT2D eigenvalue weighted by molar-refractivity contribution is 9.10. The Kier molecular flexibility index (Phi) is 5.53. The molecule has 2 aromatic carbocycles. The van der Waals surface area contributed by atoms with E-state index in [4.69, 9.17) is 5.73 Å². The van der Waals surface area contributed by atoms with Gasteiger partial charge in [0.15, 0.2) is 0 Å². The third kappa shape index (κ3) is 4.69. The fourth-order valence-corrected chi connectivity index (χ4v) is 2.43. The quantitative estimate of drug-likeness (QED) is 0.873. The number of carbonyl (C=O) groups excluding carboxylic acids is 1. The summed E-state index contributed by atoms with van der Waals surface area (Å²) >= 11 is 3.41. The standard InChI is InChI=1S/C17H19BrN2O/c1-12(11-13-7-9-15(18)10-8-13)20-17(21)16(19)14-5-3-2-4-6-14/h2-10,12,16H,11,19H2,1H3,(H,20,21)/t12?,16-/m1/s1. The molecule has 21 heavy (non-hydrogen) atoms. The van der Waals surface area contributed by atoms with Gasteiger partial charge < -0.3 is 11.1 Å². The number of rotatable bonds is 5. The van der Waals surface area contributed by atoms with Crippen LogP contribution in [0.2, 0.25) is 0 Å². The van der Waals surface area contributed by atoms with Crippen molar-refractivity contribution in [2.24, 2.45) is 5.73 Å². The second-order valence-electron chi connectivity index (χ2n) is 5.13. The van der Waals surface area contributed by atoms with Crippen molar-refractivity contribution in [3.05, 3.63) is 70.2 Å². The van der Waals surface area contributed by atoms with Gasteiger partial charge in [0.05, 0.1) is 0 Å². The predicted molar refractivity (Wildman–Crippen MR) is 88.8 cm³/mol. The molecule has 2 aromatic rings. The van der Waals surface area contributed by atoms with Gasteiger partial charge in [-0.05, 0) is 36.6 Å². The average Bonchev–Trinajstić information content (AvgIpc) is 2.49. The summed E-state index contributed by atoms with van der Waals surface area (Å²) < 4.78 is 1.05. The fraction of sp³-hybridized carbons (Fsp3) is 0.235. The van der Waals surface area contributed by atoms with E-state index in [-0.39, 0.29) is 11.9 Å². The minimum absolute atomic E-state index is 0.0356. The van der Waals surface area contributed by atoms with Crippen LogP contribution >= 0.6 is 15.9 Å². The Morgan fingerprint density at radius 3 is 2.38 bits per heavy atom. The normalized spacial score (nSPS) is 13.5. The van der Waals surface area contributed by atoms with Gasteiger partial charge in [0.1, 0.15) is 6.04 Å². The fourth-order valence-electron chi connectivity index (χ4n) is 2.17. The molecule has 0 aliphatic rings. The summed E-state index contributed by atoms with van der Waals surface area (Å²) in [5, 5.41) is 2.97. The molecule has 0 heterocycles. The molecule has 3 nitrogen and oxygen atoms in total. The lowest BCUT2D eigenvalue weighted by Crippen LogP contribution is -2.40. The average molecular weight is 347 g/mol. The molecule has 2 rings (SSSR count). The van der Waals surface area contributed by atoms with Crippen LogP contribution in [0.5, 0.6) is 0 Å². The van der Waals surface area contributed by atoms with E-state index in [0.29, 0.717) is 0 Å². The van der Waals surface area contributed by atoms with Crippen LogP contribution in [0, 0.1) is 0 Å². The predicted octanol–water partition coefficient (Wildman–Crippen LogP) is 3.20. The first-order valence-corrected chi connectivity index (χ1v) is 7.71. The number of carbonyl (C=O) groups is 1. The van der Waals surface area contributed by atoms with E-state index < -0.39 is 6.04 Å². The lowest BCUT2D eigenvalue weighted by Gasteiger charge is -2.18. The summed E-state index contributed by atoms with van der Waals surface area (Å²) in [5.74, 6) is -0.147. The van der Waals surface area contributed by atoms with Crippen LogP contribution in [0.4, 0.5) is 0 Å². The molecule has 0 spiro atoms. The van der Waals surface area contributed by atoms with Crippen LogP contribution in [0.15, 0.2) is 59.1 Å². The number of hydrogen-bond donors (Lipinski definition) is 2. The smallest absolute Gasteiger partial charge is 0.241 e. The third-order valence-corrected chi connectivity index (χ3v) is 3.81. The Balaban J connectivity index is 1.91. The SMILES string of the molecule is CC(Cc1ccc(Br)cc1)NC(=O)[C@H](N)c1ccccc1. The molecule has 4 heteroatoms. The van der Waals surface area contributed by atoms with Crippen molar-refractivity contribution in [2.45, 2.75) is 25.4 Å². The van der Waals surface area contributed by atoms with Gasteiger partial charge in [-0.3, -0.25) is 4.79 Å². The first-order valence-electron chi connectivity index (χ1n) is 6.91. The minimum atomic E-state index is -0.626. The molecule has 0 aromatic heterocycles. The summed E-state index contributed by atoms with van der Waals surface area (Å²) in [4.78, 5) is 12.2. The molecule has 0 saturated heterocycles. The molecule has 0 aliphatic carbocycles. The molecule has 3 N–H and O–H groups in total. The van der Waals surface area contributed by atoms with E-state index in [9.17, 15) is 4.79 Å². The number of nitrogens with two attached hydrogens (primary N) is 1. The topological polar surface area (TPSA) is 55.1 Å². The summed E-state index contributed by atoms with van der Waals surface area (Å²) in [6, 6.07) is 16.9. The van der Waals surface area contributed by atoms with Crippen LogP contribution in [0.1, 0.15) is 24.1 Å². The lowest BCUT2D eigenvalue weighted by atomic mass is 10.0. The maximum atomic E-state index is 12.2. The zero-order chi connectivity index (χ0) is 15.2. The van der Waals surface area contributed by atoms with Crippen LogP contribution in [0.25, 0.3) is 0 Å². The zero-order valence-corrected chi connectivity index (χ0v) is 13.5. The Morgan fingerprint density at radius 2 is 1.76 bits per heavy atom. The highest BCUT2D eigenvalue weighted by atomic mass is 79.9. The Labute approximate surface area is 133 Å². The molecule has 0 fully saturated rings. The summed E-state index contributed by atoms with van der Waals surface area (Å²) in [5.41, 5.74) is 7.99. The molecule has 0 saturated carbocycles. The zero-order valence-electron chi connectivity index (χ0n) is 11.9. The van der Waals surface area contributed by atoms with Crippen molar-refractivity contribution in [1.82, 2.24) is 5.32 Å². The van der Waals surface area contributed by atoms with Crippen LogP contribution < -0.4 is 11.1 Å². The molecular weight excluding hydrogens is 328 g/mol. The molecule has 1 amide bonds. The van der Waals surface area contributed by atoms with Gasteiger partial charge in [-0.1, -0.05) is 58.4 Å². The van der Waals surface area contributed by atoms with Gasteiger partial charge in [0.25, 0.3) is 0 Å². The van der Waals surface area contributed by atoms with Gasteiger partial charge >= 0.3 is 0 Å². The highest BCUT2D eigenvalue weighted by Crippen LogP contribution is 2.13. The van der Waals surface area contributed by atoms with Gasteiger partial charge in [0.2, 0.25) is 5.91 Å². The second kappa shape index (κ2) is 7.38. The van der Waals surface area contributed by atoms with E-state index in [0.717, 1.165) is 16.5 Å². The maximum absolute atomic E-state index is 12.2. The van der Waals surface area contributed by atoms with E-state index >= 15 is 0 Å². The Hall–Kier alpha value is -1.65. The van der Waals surface area contributed by atoms with E-state index in [2.05, 4.69) is 21.2 Å². The molecule has 2 atom stereocenters. The van der Waals surface area contributed by atoms with Gasteiger partial charge in [-0.25, -0.2) is 0 Å². The number of hydrogen-bond acceptors (Lipinski definition) is 2. The minimum Gasteiger partial charge on any atom is -0.352 e. The summed E-state index contributed by atoms with van der Waals surface area (Å²) in [6.07, 6.45) is 0.778. The monoisotopic (exact) mass is 346 g/mol. The summed E-state index contributed by atoms with van der Waals surface area (Å²) in [7, 11) is 0.